The fourth-order valence-corrected chi connectivity index (χ4v) is 2.22. The summed E-state index contributed by atoms with van der Waals surface area (Å²) in [5.74, 6) is 0.368. The van der Waals surface area contributed by atoms with Crippen molar-refractivity contribution < 1.29 is 9.18 Å². The molecule has 0 saturated heterocycles. The van der Waals surface area contributed by atoms with Gasteiger partial charge in [-0.2, -0.15) is 11.8 Å². The van der Waals surface area contributed by atoms with Gasteiger partial charge in [-0.3, -0.25) is 4.79 Å². The Balaban J connectivity index is 2.11. The number of carbonyl (C=O) groups is 1. The van der Waals surface area contributed by atoms with Crippen LogP contribution in [0.4, 0.5) is 10.1 Å². The molecule has 0 aliphatic heterocycles. The van der Waals surface area contributed by atoms with E-state index in [4.69, 9.17) is 0 Å². The Morgan fingerprint density at radius 1 is 1.21 bits per heavy atom. The van der Waals surface area contributed by atoms with Crippen molar-refractivity contribution in [1.82, 2.24) is 0 Å². The molecule has 2 nitrogen and oxygen atoms in total. The molecule has 2 aromatic rings. The van der Waals surface area contributed by atoms with E-state index in [2.05, 4.69) is 5.32 Å². The number of nitrogens with one attached hydrogen (secondary N) is 1. The quantitative estimate of drug-likeness (QED) is 0.915. The molecule has 2 rings (SSSR count). The molecule has 0 atom stereocenters. The molecule has 0 bridgehead atoms. The number of benzene rings is 2. The third-order valence-corrected chi connectivity index (χ3v) is 3.22. The van der Waals surface area contributed by atoms with Gasteiger partial charge < -0.3 is 5.32 Å². The van der Waals surface area contributed by atoms with Crippen LogP contribution in [0.3, 0.4) is 0 Å². The van der Waals surface area contributed by atoms with Gasteiger partial charge in [0.05, 0.1) is 0 Å². The Kier molecular flexibility index (Phi) is 4.58. The van der Waals surface area contributed by atoms with Crippen molar-refractivity contribution in [3.8, 4) is 0 Å². The average Bonchev–Trinajstić information content (AvgIpc) is 2.42. The Hall–Kier alpha value is -1.81. The maximum Gasteiger partial charge on any atom is 0.255 e. The predicted octanol–water partition coefficient (Wildman–Crippen LogP) is 3.94. The maximum absolute atomic E-state index is 12.8. The SMILES string of the molecule is CSCc1cccc(C(=O)Nc2ccc(F)cc2)c1. The molecule has 0 aliphatic rings. The summed E-state index contributed by atoms with van der Waals surface area (Å²) in [5, 5.41) is 2.74. The number of carbonyl (C=O) groups excluding carboxylic acids is 1. The van der Waals surface area contributed by atoms with E-state index in [-0.39, 0.29) is 11.7 Å². The summed E-state index contributed by atoms with van der Waals surface area (Å²) < 4.78 is 12.8. The lowest BCUT2D eigenvalue weighted by Gasteiger charge is -2.06. The van der Waals surface area contributed by atoms with Gasteiger partial charge in [-0.15, -0.1) is 0 Å². The highest BCUT2D eigenvalue weighted by atomic mass is 32.2. The van der Waals surface area contributed by atoms with Gasteiger partial charge in [-0.25, -0.2) is 4.39 Å². The Bertz CT molecular complexity index is 569. The number of hydrogen-bond acceptors (Lipinski definition) is 2. The van der Waals surface area contributed by atoms with Gasteiger partial charge in [-0.05, 0) is 48.2 Å². The molecule has 4 heteroatoms. The monoisotopic (exact) mass is 275 g/mol. The summed E-state index contributed by atoms with van der Waals surface area (Å²) in [6.07, 6.45) is 2.02. The van der Waals surface area contributed by atoms with Crippen molar-refractivity contribution in [3.05, 3.63) is 65.5 Å². The number of rotatable bonds is 4. The van der Waals surface area contributed by atoms with Crippen LogP contribution in [0, 0.1) is 5.82 Å². The third-order valence-electron chi connectivity index (χ3n) is 2.60. The molecule has 0 fully saturated rings. The minimum Gasteiger partial charge on any atom is -0.322 e. The van der Waals surface area contributed by atoms with Gasteiger partial charge >= 0.3 is 0 Å². The predicted molar refractivity (Wildman–Crippen MR) is 78.0 cm³/mol. The highest BCUT2D eigenvalue weighted by Crippen LogP contribution is 2.14. The normalized spacial score (nSPS) is 10.2. The first kappa shape index (κ1) is 13.6. The zero-order chi connectivity index (χ0) is 13.7. The van der Waals surface area contributed by atoms with Crippen molar-refractivity contribution in [2.24, 2.45) is 0 Å². The highest BCUT2D eigenvalue weighted by molar-refractivity contribution is 7.97. The summed E-state index contributed by atoms with van der Waals surface area (Å²) in [7, 11) is 0. The maximum atomic E-state index is 12.8. The van der Waals surface area contributed by atoms with Crippen LogP contribution in [0.2, 0.25) is 0 Å². The second-order valence-electron chi connectivity index (χ2n) is 4.09. The molecule has 2 aromatic carbocycles. The Labute approximate surface area is 116 Å². The van der Waals surface area contributed by atoms with Crippen LogP contribution in [0.5, 0.6) is 0 Å². The largest absolute Gasteiger partial charge is 0.322 e. The second-order valence-corrected chi connectivity index (χ2v) is 4.96. The van der Waals surface area contributed by atoms with E-state index in [0.29, 0.717) is 11.3 Å². The average molecular weight is 275 g/mol. The van der Waals surface area contributed by atoms with E-state index in [9.17, 15) is 9.18 Å². The number of hydrogen-bond donors (Lipinski definition) is 1. The van der Waals surface area contributed by atoms with Crippen LogP contribution in [-0.2, 0) is 5.75 Å². The molecule has 0 aliphatic carbocycles. The summed E-state index contributed by atoms with van der Waals surface area (Å²) in [5.41, 5.74) is 2.30. The lowest BCUT2D eigenvalue weighted by Crippen LogP contribution is -2.12. The number of halogens is 1. The molecular formula is C15H14FNOS. The fraction of sp³-hybridized carbons (Fsp3) is 0.133. The van der Waals surface area contributed by atoms with Crippen LogP contribution in [0.1, 0.15) is 15.9 Å². The molecule has 0 aromatic heterocycles. The summed E-state index contributed by atoms with van der Waals surface area (Å²) in [4.78, 5) is 12.0. The minimum absolute atomic E-state index is 0.186. The van der Waals surface area contributed by atoms with Crippen LogP contribution in [0.15, 0.2) is 48.5 Å². The van der Waals surface area contributed by atoms with Crippen LogP contribution in [-0.4, -0.2) is 12.2 Å². The molecule has 98 valence electrons. The van der Waals surface area contributed by atoms with Crippen molar-refractivity contribution in [2.75, 3.05) is 11.6 Å². The molecule has 0 radical (unpaired) electrons. The van der Waals surface area contributed by atoms with Crippen molar-refractivity contribution in [1.29, 1.82) is 0 Å². The van der Waals surface area contributed by atoms with Gasteiger partial charge in [0.25, 0.3) is 5.91 Å². The molecule has 0 heterocycles. The smallest absolute Gasteiger partial charge is 0.255 e. The van der Waals surface area contributed by atoms with E-state index in [1.807, 2.05) is 24.5 Å². The van der Waals surface area contributed by atoms with Gasteiger partial charge in [-0.1, -0.05) is 12.1 Å². The van der Waals surface area contributed by atoms with E-state index in [1.165, 1.54) is 12.1 Å². The molecule has 19 heavy (non-hydrogen) atoms. The first-order valence-corrected chi connectivity index (χ1v) is 7.23. The van der Waals surface area contributed by atoms with Crippen LogP contribution < -0.4 is 5.32 Å². The van der Waals surface area contributed by atoms with Crippen molar-refractivity contribution in [2.45, 2.75) is 5.75 Å². The van der Waals surface area contributed by atoms with Gasteiger partial charge in [0.15, 0.2) is 0 Å². The highest BCUT2D eigenvalue weighted by Gasteiger charge is 2.06. The third kappa shape index (κ3) is 3.83. The topological polar surface area (TPSA) is 29.1 Å². The van der Waals surface area contributed by atoms with Crippen LogP contribution >= 0.6 is 11.8 Å². The van der Waals surface area contributed by atoms with E-state index >= 15 is 0 Å². The second kappa shape index (κ2) is 6.38. The lowest BCUT2D eigenvalue weighted by molar-refractivity contribution is 0.102. The first-order chi connectivity index (χ1) is 9.19. The molecule has 0 saturated carbocycles. The molecule has 0 unspecified atom stereocenters. The summed E-state index contributed by atoms with van der Waals surface area (Å²) in [6, 6.07) is 13.2. The zero-order valence-electron chi connectivity index (χ0n) is 10.5. The lowest BCUT2D eigenvalue weighted by atomic mass is 10.1. The zero-order valence-corrected chi connectivity index (χ0v) is 11.3. The minimum atomic E-state index is -0.319. The summed E-state index contributed by atoms with van der Waals surface area (Å²) in [6.45, 7) is 0. The van der Waals surface area contributed by atoms with Gasteiger partial charge in [0.1, 0.15) is 5.82 Å². The number of amides is 1. The van der Waals surface area contributed by atoms with Crippen molar-refractivity contribution >= 4 is 23.4 Å². The van der Waals surface area contributed by atoms with Gasteiger partial charge in [0, 0.05) is 17.0 Å². The molecule has 0 spiro atoms. The standard InChI is InChI=1S/C15H14FNOS/c1-19-10-11-3-2-4-12(9-11)15(18)17-14-7-5-13(16)6-8-14/h2-9H,10H2,1H3,(H,17,18). The van der Waals surface area contributed by atoms with Crippen molar-refractivity contribution in [3.63, 3.8) is 0 Å². The van der Waals surface area contributed by atoms with E-state index in [1.54, 1.807) is 30.0 Å². The molecule has 1 N–H and O–H groups in total. The number of thioether (sulfide) groups is 1. The van der Waals surface area contributed by atoms with Gasteiger partial charge in [0.2, 0.25) is 0 Å². The molecule has 1 amide bonds. The van der Waals surface area contributed by atoms with E-state index < -0.39 is 0 Å². The molecular weight excluding hydrogens is 261 g/mol. The van der Waals surface area contributed by atoms with Crippen LogP contribution in [0.25, 0.3) is 0 Å². The Morgan fingerprint density at radius 2 is 1.95 bits per heavy atom. The summed E-state index contributed by atoms with van der Waals surface area (Å²) >= 11 is 1.71. The first-order valence-electron chi connectivity index (χ1n) is 5.84. The Morgan fingerprint density at radius 3 is 2.63 bits per heavy atom. The van der Waals surface area contributed by atoms with E-state index in [0.717, 1.165) is 11.3 Å². The number of anilines is 1. The fourth-order valence-electron chi connectivity index (χ4n) is 1.71.